The van der Waals surface area contributed by atoms with Crippen molar-refractivity contribution in [2.45, 2.75) is 39.2 Å². The van der Waals surface area contributed by atoms with Crippen molar-refractivity contribution < 1.29 is 4.79 Å². The fourth-order valence-electron chi connectivity index (χ4n) is 1.90. The second-order valence-electron chi connectivity index (χ2n) is 4.43. The maximum atomic E-state index is 11.5. The van der Waals surface area contributed by atoms with Crippen molar-refractivity contribution in [3.63, 3.8) is 0 Å². The zero-order chi connectivity index (χ0) is 13.2. The molecule has 1 amide bonds. The number of hydrogen-bond acceptors (Lipinski definition) is 2. The molecule has 0 radical (unpaired) electrons. The Bertz CT molecular complexity index is 338. The summed E-state index contributed by atoms with van der Waals surface area (Å²) in [4.78, 5) is 11.5. The van der Waals surface area contributed by atoms with Gasteiger partial charge in [0, 0.05) is 25.6 Å². The van der Waals surface area contributed by atoms with Crippen molar-refractivity contribution in [1.82, 2.24) is 10.6 Å². The molecule has 3 nitrogen and oxygen atoms in total. The van der Waals surface area contributed by atoms with Crippen LogP contribution >= 0.6 is 0 Å². The molecule has 0 fully saturated rings. The molecule has 1 rings (SSSR count). The molecule has 0 saturated carbocycles. The van der Waals surface area contributed by atoms with Crippen molar-refractivity contribution >= 4 is 5.91 Å². The first-order chi connectivity index (χ1) is 8.77. The van der Waals surface area contributed by atoms with Crippen LogP contribution in [0.25, 0.3) is 0 Å². The molecule has 0 saturated heterocycles. The quantitative estimate of drug-likeness (QED) is 0.742. The highest BCUT2D eigenvalue weighted by atomic mass is 16.1. The molecule has 2 N–H and O–H groups in total. The monoisotopic (exact) mass is 248 g/mol. The Kier molecular flexibility index (Phi) is 7.11. The summed E-state index contributed by atoms with van der Waals surface area (Å²) in [6.07, 6.45) is 2.56. The molecule has 0 aromatic heterocycles. The summed E-state index contributed by atoms with van der Waals surface area (Å²) >= 11 is 0. The van der Waals surface area contributed by atoms with Gasteiger partial charge in [0.15, 0.2) is 0 Å². The molecular formula is C15H24N2O. The minimum Gasteiger partial charge on any atom is -0.356 e. The predicted octanol–water partition coefficient (Wildman–Crippen LogP) is 2.64. The predicted molar refractivity (Wildman–Crippen MR) is 75.4 cm³/mol. The van der Waals surface area contributed by atoms with Crippen molar-refractivity contribution in [3.05, 3.63) is 35.9 Å². The molecule has 0 aliphatic heterocycles. The van der Waals surface area contributed by atoms with Gasteiger partial charge in [-0.1, -0.05) is 44.2 Å². The van der Waals surface area contributed by atoms with Gasteiger partial charge in [-0.3, -0.25) is 4.79 Å². The Labute approximate surface area is 110 Å². The minimum absolute atomic E-state index is 0.132. The summed E-state index contributed by atoms with van der Waals surface area (Å²) in [7, 11) is 0. The number of rotatable bonds is 8. The fraction of sp³-hybridized carbons (Fsp3) is 0.533. The van der Waals surface area contributed by atoms with Gasteiger partial charge in [-0.15, -0.1) is 0 Å². The topological polar surface area (TPSA) is 41.1 Å². The maximum absolute atomic E-state index is 11.5. The van der Waals surface area contributed by atoms with Gasteiger partial charge in [0.1, 0.15) is 0 Å². The Morgan fingerprint density at radius 3 is 2.50 bits per heavy atom. The molecule has 0 heterocycles. The second-order valence-corrected chi connectivity index (χ2v) is 4.43. The van der Waals surface area contributed by atoms with Crippen LogP contribution in [0.15, 0.2) is 30.3 Å². The average molecular weight is 248 g/mol. The van der Waals surface area contributed by atoms with Gasteiger partial charge in [-0.25, -0.2) is 0 Å². The third kappa shape index (κ3) is 5.32. The molecule has 0 spiro atoms. The van der Waals surface area contributed by atoms with Crippen molar-refractivity contribution in [3.8, 4) is 0 Å². The number of carbonyl (C=O) groups is 1. The third-order valence-electron chi connectivity index (χ3n) is 2.93. The Hall–Kier alpha value is -1.35. The molecule has 1 atom stereocenters. The average Bonchev–Trinajstić information content (AvgIpc) is 2.42. The molecule has 1 unspecified atom stereocenters. The van der Waals surface area contributed by atoms with Crippen molar-refractivity contribution in [2.75, 3.05) is 13.1 Å². The van der Waals surface area contributed by atoms with Crippen LogP contribution in [0.3, 0.4) is 0 Å². The lowest BCUT2D eigenvalue weighted by molar-refractivity contribution is -0.121. The van der Waals surface area contributed by atoms with E-state index in [2.05, 4.69) is 36.6 Å². The van der Waals surface area contributed by atoms with E-state index in [1.807, 2.05) is 18.2 Å². The molecule has 1 aromatic rings. The summed E-state index contributed by atoms with van der Waals surface area (Å²) in [5.41, 5.74) is 1.29. The summed E-state index contributed by atoms with van der Waals surface area (Å²) in [6.45, 7) is 5.71. The highest BCUT2D eigenvalue weighted by Gasteiger charge is 2.08. The number of nitrogens with one attached hydrogen (secondary N) is 2. The summed E-state index contributed by atoms with van der Waals surface area (Å²) in [5.74, 6) is 0.132. The number of benzene rings is 1. The molecule has 0 bridgehead atoms. The highest BCUT2D eigenvalue weighted by Crippen LogP contribution is 2.15. The van der Waals surface area contributed by atoms with E-state index in [1.165, 1.54) is 5.56 Å². The van der Waals surface area contributed by atoms with E-state index in [1.54, 1.807) is 0 Å². The summed E-state index contributed by atoms with van der Waals surface area (Å²) in [5, 5.41) is 6.32. The Balaban J connectivity index is 2.30. The van der Waals surface area contributed by atoms with Gasteiger partial charge in [-0.2, -0.15) is 0 Å². The molecule has 1 aromatic carbocycles. The van der Waals surface area contributed by atoms with Crippen LogP contribution in [-0.4, -0.2) is 19.0 Å². The number of carbonyl (C=O) groups excluding carboxylic acids is 1. The molecule has 100 valence electrons. The Morgan fingerprint density at radius 1 is 1.17 bits per heavy atom. The Morgan fingerprint density at radius 2 is 1.89 bits per heavy atom. The second kappa shape index (κ2) is 8.70. The molecule has 0 aliphatic carbocycles. The van der Waals surface area contributed by atoms with E-state index in [0.29, 0.717) is 12.5 Å². The largest absolute Gasteiger partial charge is 0.356 e. The van der Waals surface area contributed by atoms with Crippen LogP contribution in [0.4, 0.5) is 0 Å². The van der Waals surface area contributed by atoms with Crippen LogP contribution in [-0.2, 0) is 4.79 Å². The standard InChI is InChI=1S/C15H24N2O/c1-3-11-17-15(18)10-12-16-14(4-2)13-8-6-5-7-9-13/h5-9,14,16H,3-4,10-12H2,1-2H3,(H,17,18). The molecule has 0 aliphatic rings. The van der Waals surface area contributed by atoms with Crippen LogP contribution in [0, 0.1) is 0 Å². The lowest BCUT2D eigenvalue weighted by atomic mass is 10.0. The van der Waals surface area contributed by atoms with Gasteiger partial charge < -0.3 is 10.6 Å². The first kappa shape index (κ1) is 14.7. The van der Waals surface area contributed by atoms with Gasteiger partial charge in [0.25, 0.3) is 0 Å². The lowest BCUT2D eigenvalue weighted by Crippen LogP contribution is -2.29. The first-order valence-corrected chi connectivity index (χ1v) is 6.83. The van der Waals surface area contributed by atoms with E-state index >= 15 is 0 Å². The lowest BCUT2D eigenvalue weighted by Gasteiger charge is -2.17. The summed E-state index contributed by atoms with van der Waals surface area (Å²) < 4.78 is 0. The summed E-state index contributed by atoms with van der Waals surface area (Å²) in [6, 6.07) is 10.7. The van der Waals surface area contributed by atoms with Crippen LogP contribution in [0.2, 0.25) is 0 Å². The van der Waals surface area contributed by atoms with Crippen LogP contribution < -0.4 is 10.6 Å². The smallest absolute Gasteiger partial charge is 0.221 e. The molecular weight excluding hydrogens is 224 g/mol. The normalized spacial score (nSPS) is 12.1. The maximum Gasteiger partial charge on any atom is 0.221 e. The molecule has 18 heavy (non-hydrogen) atoms. The van der Waals surface area contributed by atoms with E-state index < -0.39 is 0 Å². The number of hydrogen-bond donors (Lipinski definition) is 2. The van der Waals surface area contributed by atoms with Gasteiger partial charge in [-0.05, 0) is 18.4 Å². The zero-order valence-electron chi connectivity index (χ0n) is 11.4. The van der Waals surface area contributed by atoms with Crippen molar-refractivity contribution in [1.29, 1.82) is 0 Å². The van der Waals surface area contributed by atoms with E-state index in [4.69, 9.17) is 0 Å². The molecule has 3 heteroatoms. The van der Waals surface area contributed by atoms with Crippen molar-refractivity contribution in [2.24, 2.45) is 0 Å². The fourth-order valence-corrected chi connectivity index (χ4v) is 1.90. The van der Waals surface area contributed by atoms with Crippen LogP contribution in [0.1, 0.15) is 44.7 Å². The highest BCUT2D eigenvalue weighted by molar-refractivity contribution is 5.75. The van der Waals surface area contributed by atoms with E-state index in [9.17, 15) is 4.79 Å². The zero-order valence-corrected chi connectivity index (χ0v) is 11.4. The van der Waals surface area contributed by atoms with E-state index in [-0.39, 0.29) is 5.91 Å². The first-order valence-electron chi connectivity index (χ1n) is 6.83. The SMILES string of the molecule is CCCNC(=O)CCNC(CC)c1ccccc1. The van der Waals surface area contributed by atoms with Gasteiger partial charge in [0.05, 0.1) is 0 Å². The van der Waals surface area contributed by atoms with Crippen LogP contribution in [0.5, 0.6) is 0 Å². The minimum atomic E-state index is 0.132. The number of amides is 1. The van der Waals surface area contributed by atoms with Gasteiger partial charge >= 0.3 is 0 Å². The van der Waals surface area contributed by atoms with E-state index in [0.717, 1.165) is 25.9 Å². The third-order valence-corrected chi connectivity index (χ3v) is 2.93. The van der Waals surface area contributed by atoms with Gasteiger partial charge in [0.2, 0.25) is 5.91 Å².